The standard InChI is InChI=1S/C12H16Cl2N2/c13-11-4-3-9(6-12(11)14)7-16-10-2-1-5-15-8-10/h3-4,6,10,15-16H,1-2,5,7-8H2/t10-/m1/s1. The first-order valence-electron chi connectivity index (χ1n) is 5.64. The van der Waals surface area contributed by atoms with Crippen LogP contribution in [0.15, 0.2) is 18.2 Å². The summed E-state index contributed by atoms with van der Waals surface area (Å²) in [5.74, 6) is 0. The molecule has 0 aliphatic carbocycles. The van der Waals surface area contributed by atoms with Crippen LogP contribution < -0.4 is 10.6 Å². The monoisotopic (exact) mass is 258 g/mol. The van der Waals surface area contributed by atoms with Gasteiger partial charge < -0.3 is 10.6 Å². The number of piperidine rings is 1. The Morgan fingerprint density at radius 1 is 1.31 bits per heavy atom. The van der Waals surface area contributed by atoms with Crippen LogP contribution in [0.4, 0.5) is 0 Å². The average molecular weight is 259 g/mol. The summed E-state index contributed by atoms with van der Waals surface area (Å²) in [4.78, 5) is 0. The van der Waals surface area contributed by atoms with Gasteiger partial charge in [-0.05, 0) is 37.1 Å². The van der Waals surface area contributed by atoms with E-state index in [1.165, 1.54) is 18.4 Å². The lowest BCUT2D eigenvalue weighted by Crippen LogP contribution is -2.42. The quantitative estimate of drug-likeness (QED) is 0.872. The SMILES string of the molecule is Clc1ccc(CN[C@@H]2CCCNC2)cc1Cl. The van der Waals surface area contributed by atoms with Gasteiger partial charge in [0.05, 0.1) is 10.0 Å². The molecule has 2 nitrogen and oxygen atoms in total. The first-order valence-corrected chi connectivity index (χ1v) is 6.39. The number of rotatable bonds is 3. The summed E-state index contributed by atoms with van der Waals surface area (Å²) in [5.41, 5.74) is 1.18. The van der Waals surface area contributed by atoms with Crippen LogP contribution in [0.3, 0.4) is 0 Å². The van der Waals surface area contributed by atoms with E-state index in [1.807, 2.05) is 18.2 Å². The molecule has 1 aromatic rings. The van der Waals surface area contributed by atoms with E-state index in [1.54, 1.807) is 0 Å². The van der Waals surface area contributed by atoms with Crippen LogP contribution >= 0.6 is 23.2 Å². The normalized spacial score (nSPS) is 21.0. The van der Waals surface area contributed by atoms with Crippen molar-refractivity contribution in [3.05, 3.63) is 33.8 Å². The lowest BCUT2D eigenvalue weighted by atomic mass is 10.1. The molecule has 88 valence electrons. The predicted octanol–water partition coefficient (Wildman–Crippen LogP) is 2.84. The topological polar surface area (TPSA) is 24.1 Å². The first kappa shape index (κ1) is 12.2. The molecule has 1 saturated heterocycles. The molecular weight excluding hydrogens is 243 g/mol. The van der Waals surface area contributed by atoms with E-state index in [4.69, 9.17) is 23.2 Å². The van der Waals surface area contributed by atoms with Crippen molar-refractivity contribution in [1.29, 1.82) is 0 Å². The molecule has 1 aromatic carbocycles. The van der Waals surface area contributed by atoms with Crippen molar-refractivity contribution in [2.45, 2.75) is 25.4 Å². The lowest BCUT2D eigenvalue weighted by Gasteiger charge is -2.24. The van der Waals surface area contributed by atoms with Crippen molar-refractivity contribution in [3.8, 4) is 0 Å². The third kappa shape index (κ3) is 3.36. The minimum absolute atomic E-state index is 0.572. The van der Waals surface area contributed by atoms with Crippen LogP contribution in [-0.2, 0) is 6.54 Å². The number of benzene rings is 1. The van der Waals surface area contributed by atoms with Gasteiger partial charge in [0.2, 0.25) is 0 Å². The van der Waals surface area contributed by atoms with E-state index in [0.717, 1.165) is 19.6 Å². The molecule has 1 fully saturated rings. The second-order valence-corrected chi connectivity index (χ2v) is 4.99. The van der Waals surface area contributed by atoms with Crippen molar-refractivity contribution in [2.24, 2.45) is 0 Å². The zero-order valence-electron chi connectivity index (χ0n) is 9.10. The van der Waals surface area contributed by atoms with Crippen molar-refractivity contribution in [2.75, 3.05) is 13.1 Å². The summed E-state index contributed by atoms with van der Waals surface area (Å²) >= 11 is 11.8. The fourth-order valence-corrected chi connectivity index (χ4v) is 2.26. The molecule has 0 bridgehead atoms. The summed E-state index contributed by atoms with van der Waals surface area (Å²) < 4.78 is 0. The molecule has 1 atom stereocenters. The van der Waals surface area contributed by atoms with E-state index in [2.05, 4.69) is 10.6 Å². The third-order valence-corrected chi connectivity index (χ3v) is 3.61. The molecule has 4 heteroatoms. The molecule has 1 aliphatic rings. The zero-order valence-corrected chi connectivity index (χ0v) is 10.6. The van der Waals surface area contributed by atoms with Gasteiger partial charge in [0.25, 0.3) is 0 Å². The molecule has 0 saturated carbocycles. The first-order chi connectivity index (χ1) is 7.75. The van der Waals surface area contributed by atoms with E-state index < -0.39 is 0 Å². The van der Waals surface area contributed by atoms with Gasteiger partial charge in [0.1, 0.15) is 0 Å². The van der Waals surface area contributed by atoms with Crippen LogP contribution in [0.1, 0.15) is 18.4 Å². The Kier molecular flexibility index (Phi) is 4.47. The van der Waals surface area contributed by atoms with Gasteiger partial charge in [-0.25, -0.2) is 0 Å². The molecule has 0 unspecified atom stereocenters. The highest BCUT2D eigenvalue weighted by atomic mass is 35.5. The zero-order chi connectivity index (χ0) is 11.4. The maximum absolute atomic E-state index is 5.96. The maximum atomic E-state index is 5.96. The van der Waals surface area contributed by atoms with Crippen LogP contribution in [0, 0.1) is 0 Å². The molecule has 0 spiro atoms. The molecule has 1 heterocycles. The highest BCUT2D eigenvalue weighted by molar-refractivity contribution is 6.42. The highest BCUT2D eigenvalue weighted by Crippen LogP contribution is 2.22. The largest absolute Gasteiger partial charge is 0.315 e. The van der Waals surface area contributed by atoms with Gasteiger partial charge >= 0.3 is 0 Å². The summed E-state index contributed by atoms with van der Waals surface area (Å²) in [6.45, 7) is 3.05. The molecular formula is C12H16Cl2N2. The van der Waals surface area contributed by atoms with Crippen molar-refractivity contribution in [3.63, 3.8) is 0 Å². The molecule has 0 aromatic heterocycles. The Morgan fingerprint density at radius 2 is 2.19 bits per heavy atom. The minimum Gasteiger partial charge on any atom is -0.315 e. The molecule has 2 N–H and O–H groups in total. The van der Waals surface area contributed by atoms with E-state index in [9.17, 15) is 0 Å². The van der Waals surface area contributed by atoms with Gasteiger partial charge in [-0.15, -0.1) is 0 Å². The van der Waals surface area contributed by atoms with Gasteiger partial charge in [-0.2, -0.15) is 0 Å². The van der Waals surface area contributed by atoms with Crippen molar-refractivity contribution in [1.82, 2.24) is 10.6 Å². The van der Waals surface area contributed by atoms with E-state index in [0.29, 0.717) is 16.1 Å². The fraction of sp³-hybridized carbons (Fsp3) is 0.500. The molecule has 0 amide bonds. The smallest absolute Gasteiger partial charge is 0.0595 e. The molecule has 2 rings (SSSR count). The summed E-state index contributed by atoms with van der Waals surface area (Å²) in [5, 5.41) is 8.15. The maximum Gasteiger partial charge on any atom is 0.0595 e. The van der Waals surface area contributed by atoms with Crippen LogP contribution in [0.25, 0.3) is 0 Å². The average Bonchev–Trinajstić information content (AvgIpc) is 2.32. The van der Waals surface area contributed by atoms with E-state index >= 15 is 0 Å². The number of hydrogen-bond acceptors (Lipinski definition) is 2. The van der Waals surface area contributed by atoms with Crippen LogP contribution in [-0.4, -0.2) is 19.1 Å². The van der Waals surface area contributed by atoms with E-state index in [-0.39, 0.29) is 0 Å². The Bertz CT molecular complexity index is 349. The number of halogens is 2. The second-order valence-electron chi connectivity index (χ2n) is 4.17. The Balaban J connectivity index is 1.86. The Hall–Kier alpha value is -0.280. The molecule has 1 aliphatic heterocycles. The van der Waals surface area contributed by atoms with Gasteiger partial charge in [0.15, 0.2) is 0 Å². The summed E-state index contributed by atoms with van der Waals surface area (Å²) in [6.07, 6.45) is 2.49. The Labute approximate surface area is 106 Å². The predicted molar refractivity (Wildman–Crippen MR) is 69.2 cm³/mol. The third-order valence-electron chi connectivity index (χ3n) is 2.88. The molecule has 0 radical (unpaired) electrons. The van der Waals surface area contributed by atoms with Crippen LogP contribution in [0.5, 0.6) is 0 Å². The van der Waals surface area contributed by atoms with Crippen molar-refractivity contribution >= 4 is 23.2 Å². The number of hydrogen-bond donors (Lipinski definition) is 2. The van der Waals surface area contributed by atoms with Crippen LogP contribution in [0.2, 0.25) is 10.0 Å². The second kappa shape index (κ2) is 5.87. The van der Waals surface area contributed by atoms with Gasteiger partial charge in [-0.1, -0.05) is 29.3 Å². The highest BCUT2D eigenvalue weighted by Gasteiger charge is 2.11. The lowest BCUT2D eigenvalue weighted by molar-refractivity contribution is 0.389. The summed E-state index contributed by atoms with van der Waals surface area (Å²) in [7, 11) is 0. The van der Waals surface area contributed by atoms with Gasteiger partial charge in [0, 0.05) is 19.1 Å². The van der Waals surface area contributed by atoms with Gasteiger partial charge in [-0.3, -0.25) is 0 Å². The van der Waals surface area contributed by atoms with Crippen molar-refractivity contribution < 1.29 is 0 Å². The molecule has 16 heavy (non-hydrogen) atoms. The fourth-order valence-electron chi connectivity index (χ4n) is 1.94. The number of nitrogens with one attached hydrogen (secondary N) is 2. The Morgan fingerprint density at radius 3 is 2.88 bits per heavy atom. The summed E-state index contributed by atoms with van der Waals surface area (Å²) in [6, 6.07) is 6.35. The minimum atomic E-state index is 0.572.